The predicted molar refractivity (Wildman–Crippen MR) is 139 cm³/mol. The number of carbonyl (C=O) groups excluding carboxylic acids is 3. The maximum absolute atomic E-state index is 13.1. The monoisotopic (exact) mass is 511 g/mol. The molecule has 4 aromatic rings. The van der Waals surface area contributed by atoms with Gasteiger partial charge in [-0.25, -0.2) is 4.79 Å². The van der Waals surface area contributed by atoms with E-state index in [0.717, 1.165) is 6.07 Å². The van der Waals surface area contributed by atoms with Crippen LogP contribution in [0.4, 0.5) is 17.1 Å². The van der Waals surface area contributed by atoms with Crippen LogP contribution in [-0.2, 0) is 9.59 Å². The average molecular weight is 511 g/mol. The van der Waals surface area contributed by atoms with Gasteiger partial charge in [0.05, 0.1) is 34.0 Å². The Labute approximate surface area is 216 Å². The molecule has 0 fully saturated rings. The summed E-state index contributed by atoms with van der Waals surface area (Å²) in [5.41, 5.74) is 2.36. The minimum Gasteiger partial charge on any atom is -0.478 e. The molecule has 0 saturated carbocycles. The second-order valence-corrected chi connectivity index (χ2v) is 8.36. The lowest BCUT2D eigenvalue weighted by Crippen LogP contribution is -2.23. The van der Waals surface area contributed by atoms with Crippen molar-refractivity contribution in [1.29, 1.82) is 5.26 Å². The molecule has 11 nitrogen and oxygen atoms in total. The molecule has 11 heteroatoms. The van der Waals surface area contributed by atoms with Crippen molar-refractivity contribution in [1.82, 2.24) is 5.16 Å². The van der Waals surface area contributed by atoms with E-state index in [1.165, 1.54) is 30.9 Å². The van der Waals surface area contributed by atoms with E-state index in [1.807, 2.05) is 6.07 Å². The smallest absolute Gasteiger partial charge is 0.337 e. The number of aromatic nitrogens is 1. The topological polar surface area (TPSA) is 166 Å². The zero-order chi connectivity index (χ0) is 27.6. The van der Waals surface area contributed by atoms with Crippen LogP contribution < -0.4 is 15.5 Å². The minimum atomic E-state index is -1.32. The number of carbonyl (C=O) groups is 4. The number of nitrogens with zero attached hydrogens (tertiary/aromatic N) is 3. The van der Waals surface area contributed by atoms with Crippen molar-refractivity contribution < 1.29 is 28.8 Å². The van der Waals surface area contributed by atoms with Gasteiger partial charge in [0.2, 0.25) is 11.8 Å². The first kappa shape index (κ1) is 25.6. The normalized spacial score (nSPS) is 10.5. The quantitative estimate of drug-likeness (QED) is 0.345. The van der Waals surface area contributed by atoms with Crippen LogP contribution in [0.25, 0.3) is 22.1 Å². The van der Waals surface area contributed by atoms with Crippen molar-refractivity contribution in [2.24, 2.45) is 0 Å². The Kier molecular flexibility index (Phi) is 6.89. The van der Waals surface area contributed by atoms with Gasteiger partial charge in [-0.05, 0) is 42.0 Å². The number of carboxylic acids is 1. The number of hydrogen-bond acceptors (Lipinski definition) is 7. The highest BCUT2D eigenvalue weighted by atomic mass is 16.5. The number of anilines is 3. The van der Waals surface area contributed by atoms with E-state index in [2.05, 4.69) is 15.8 Å². The fourth-order valence-corrected chi connectivity index (χ4v) is 3.83. The van der Waals surface area contributed by atoms with E-state index in [4.69, 9.17) is 9.78 Å². The predicted octanol–water partition coefficient (Wildman–Crippen LogP) is 4.26. The van der Waals surface area contributed by atoms with Gasteiger partial charge in [0.1, 0.15) is 0 Å². The summed E-state index contributed by atoms with van der Waals surface area (Å²) in [6.45, 7) is 2.81. The number of carboxylic acid groups (broad SMARTS) is 1. The summed E-state index contributed by atoms with van der Waals surface area (Å²) in [6.07, 6.45) is 0. The van der Waals surface area contributed by atoms with Crippen molar-refractivity contribution in [3.8, 4) is 17.2 Å². The SMILES string of the molecule is CC(=O)Nc1ccc(-c2cc3c(C(=O)Nc4ccc(C#N)cc4C(=O)O)noc3cc2N(C)C(C)=O)cc1. The molecule has 0 unspecified atom stereocenters. The zero-order valence-electron chi connectivity index (χ0n) is 20.5. The van der Waals surface area contributed by atoms with Crippen molar-refractivity contribution >= 4 is 51.7 Å². The second-order valence-electron chi connectivity index (χ2n) is 8.36. The van der Waals surface area contributed by atoms with Gasteiger partial charge < -0.3 is 25.2 Å². The number of fused-ring (bicyclic) bond motifs is 1. The number of hydrogen-bond donors (Lipinski definition) is 3. The second kappa shape index (κ2) is 10.2. The van der Waals surface area contributed by atoms with Crippen LogP contribution >= 0.6 is 0 Å². The summed E-state index contributed by atoms with van der Waals surface area (Å²) in [5.74, 6) is -2.50. The first-order chi connectivity index (χ1) is 18.1. The standard InChI is InChI=1S/C27H21N5O6/c1-14(33)29-18-7-5-17(6-8-18)19-11-21-24(12-23(19)32(3)15(2)34)38-31-25(21)26(35)30-22-9-4-16(13-28)10-20(22)27(36)37/h4-12H,1-3H3,(H,29,33)(H,30,35)(H,36,37). The van der Waals surface area contributed by atoms with Gasteiger partial charge in [0, 0.05) is 38.2 Å². The summed E-state index contributed by atoms with van der Waals surface area (Å²) < 4.78 is 5.39. The van der Waals surface area contributed by atoms with Crippen LogP contribution in [0.1, 0.15) is 40.3 Å². The fourth-order valence-electron chi connectivity index (χ4n) is 3.83. The Morgan fingerprint density at radius 3 is 2.32 bits per heavy atom. The molecule has 3 aromatic carbocycles. The van der Waals surface area contributed by atoms with E-state index in [1.54, 1.807) is 43.4 Å². The Hall–Kier alpha value is -5.50. The molecule has 0 bridgehead atoms. The largest absolute Gasteiger partial charge is 0.478 e. The van der Waals surface area contributed by atoms with Gasteiger partial charge in [0.15, 0.2) is 11.3 Å². The number of rotatable bonds is 6. The van der Waals surface area contributed by atoms with E-state index in [-0.39, 0.29) is 39.9 Å². The maximum atomic E-state index is 13.1. The van der Waals surface area contributed by atoms with Gasteiger partial charge in [-0.15, -0.1) is 0 Å². The van der Waals surface area contributed by atoms with Crippen LogP contribution in [0.3, 0.4) is 0 Å². The van der Waals surface area contributed by atoms with Gasteiger partial charge in [0.25, 0.3) is 5.91 Å². The van der Waals surface area contributed by atoms with E-state index < -0.39 is 11.9 Å². The highest BCUT2D eigenvalue weighted by Gasteiger charge is 2.23. The molecule has 0 atom stereocenters. The Morgan fingerprint density at radius 1 is 1.00 bits per heavy atom. The molecular weight excluding hydrogens is 490 g/mol. The molecule has 3 amide bonds. The van der Waals surface area contributed by atoms with Crippen LogP contribution in [-0.4, -0.2) is 41.0 Å². The Bertz CT molecular complexity index is 1650. The number of aromatic carboxylic acids is 1. The molecule has 4 rings (SSSR count). The zero-order valence-corrected chi connectivity index (χ0v) is 20.5. The Balaban J connectivity index is 1.79. The van der Waals surface area contributed by atoms with E-state index >= 15 is 0 Å². The summed E-state index contributed by atoms with van der Waals surface area (Å²) in [5, 5.41) is 28.0. The van der Waals surface area contributed by atoms with Crippen LogP contribution in [0.5, 0.6) is 0 Å². The molecule has 3 N–H and O–H groups in total. The van der Waals surface area contributed by atoms with Gasteiger partial charge in [-0.3, -0.25) is 14.4 Å². The number of benzene rings is 3. The first-order valence-corrected chi connectivity index (χ1v) is 11.2. The fraction of sp³-hybridized carbons (Fsp3) is 0.111. The first-order valence-electron chi connectivity index (χ1n) is 11.2. The lowest BCUT2D eigenvalue weighted by Gasteiger charge is -2.19. The van der Waals surface area contributed by atoms with Crippen molar-refractivity contribution in [2.45, 2.75) is 13.8 Å². The van der Waals surface area contributed by atoms with Gasteiger partial charge in [-0.2, -0.15) is 5.26 Å². The van der Waals surface area contributed by atoms with Crippen LogP contribution in [0.2, 0.25) is 0 Å². The molecule has 0 aliphatic heterocycles. The molecule has 190 valence electrons. The molecule has 1 aromatic heterocycles. The molecule has 1 heterocycles. The number of nitriles is 1. The van der Waals surface area contributed by atoms with Gasteiger partial charge >= 0.3 is 5.97 Å². The summed E-state index contributed by atoms with van der Waals surface area (Å²) in [7, 11) is 1.60. The highest BCUT2D eigenvalue weighted by Crippen LogP contribution is 2.36. The molecule has 0 saturated heterocycles. The van der Waals surface area contributed by atoms with Crippen molar-refractivity contribution in [3.05, 3.63) is 71.4 Å². The molecule has 0 aliphatic carbocycles. The summed E-state index contributed by atoms with van der Waals surface area (Å²) in [6, 6.07) is 15.9. The van der Waals surface area contributed by atoms with Gasteiger partial charge in [-0.1, -0.05) is 17.3 Å². The van der Waals surface area contributed by atoms with E-state index in [9.17, 15) is 24.3 Å². The summed E-state index contributed by atoms with van der Waals surface area (Å²) >= 11 is 0. The van der Waals surface area contributed by atoms with Crippen LogP contribution in [0, 0.1) is 11.3 Å². The lowest BCUT2D eigenvalue weighted by atomic mass is 9.99. The Morgan fingerprint density at radius 2 is 1.71 bits per heavy atom. The molecule has 0 radical (unpaired) electrons. The third-order valence-electron chi connectivity index (χ3n) is 5.78. The molecular formula is C27H21N5O6. The summed E-state index contributed by atoms with van der Waals surface area (Å²) in [4.78, 5) is 49.8. The molecule has 0 aliphatic rings. The minimum absolute atomic E-state index is 0.0145. The van der Waals surface area contributed by atoms with Crippen LogP contribution in [0.15, 0.2) is 59.1 Å². The molecule has 38 heavy (non-hydrogen) atoms. The van der Waals surface area contributed by atoms with E-state index in [0.29, 0.717) is 27.9 Å². The number of nitrogens with one attached hydrogen (secondary N) is 2. The van der Waals surface area contributed by atoms with Crippen molar-refractivity contribution in [3.63, 3.8) is 0 Å². The maximum Gasteiger partial charge on any atom is 0.337 e. The van der Waals surface area contributed by atoms with Crippen molar-refractivity contribution in [2.75, 3.05) is 22.6 Å². The lowest BCUT2D eigenvalue weighted by molar-refractivity contribution is -0.116. The average Bonchev–Trinajstić information content (AvgIpc) is 3.30. The third kappa shape index (κ3) is 5.05. The molecule has 0 spiro atoms. The third-order valence-corrected chi connectivity index (χ3v) is 5.78. The highest BCUT2D eigenvalue weighted by molar-refractivity contribution is 6.14. The number of amides is 3.